The van der Waals surface area contributed by atoms with Crippen LogP contribution < -0.4 is 16.0 Å². The molecule has 0 aliphatic rings. The maximum absolute atomic E-state index is 11.8. The van der Waals surface area contributed by atoms with Crippen LogP contribution in [0, 0.1) is 0 Å². The Hall–Kier alpha value is -2.34. The lowest BCUT2D eigenvalue weighted by Crippen LogP contribution is -2.15. The number of nitrogens with one attached hydrogen (secondary N) is 1. The minimum Gasteiger partial charge on any atom is -0.494 e. The molecule has 0 amide bonds. The van der Waals surface area contributed by atoms with Crippen LogP contribution in [0.15, 0.2) is 24.4 Å². The number of hydrazine groups is 1. The highest BCUT2D eigenvalue weighted by Crippen LogP contribution is 2.31. The van der Waals surface area contributed by atoms with E-state index in [1.165, 1.54) is 6.20 Å². The Morgan fingerprint density at radius 3 is 2.89 bits per heavy atom. The third-order valence-corrected chi connectivity index (χ3v) is 2.72. The number of hydrogen-bond donors (Lipinski definition) is 2. The Morgan fingerprint density at radius 2 is 2.26 bits per heavy atom. The van der Waals surface area contributed by atoms with Crippen LogP contribution in [0.2, 0.25) is 0 Å². The highest BCUT2D eigenvalue weighted by molar-refractivity contribution is 6.06. The lowest BCUT2D eigenvalue weighted by atomic mass is 10.1. The third kappa shape index (κ3) is 2.30. The van der Waals surface area contributed by atoms with E-state index in [4.69, 9.17) is 15.3 Å². The summed E-state index contributed by atoms with van der Waals surface area (Å²) in [7, 11) is 1.56. The van der Waals surface area contributed by atoms with Gasteiger partial charge in [0, 0.05) is 11.6 Å². The quantitative estimate of drug-likeness (QED) is 0.495. The molecule has 100 valence electrons. The topological polar surface area (TPSA) is 86.5 Å². The zero-order valence-electron chi connectivity index (χ0n) is 10.8. The first-order valence-electron chi connectivity index (χ1n) is 5.82. The first kappa shape index (κ1) is 13.1. The van der Waals surface area contributed by atoms with Gasteiger partial charge in [0.2, 0.25) is 0 Å². The molecule has 0 atom stereocenters. The first-order valence-corrected chi connectivity index (χ1v) is 5.82. The number of anilines is 1. The first-order chi connectivity index (χ1) is 9.22. The molecule has 2 rings (SSSR count). The normalized spacial score (nSPS) is 10.3. The molecule has 0 bridgehead atoms. The van der Waals surface area contributed by atoms with Crippen molar-refractivity contribution in [3.63, 3.8) is 0 Å². The van der Waals surface area contributed by atoms with Gasteiger partial charge >= 0.3 is 5.97 Å². The molecule has 0 aliphatic heterocycles. The van der Waals surface area contributed by atoms with Gasteiger partial charge in [0.15, 0.2) is 0 Å². The molecule has 0 spiro atoms. The summed E-state index contributed by atoms with van der Waals surface area (Å²) in [5, 5.41) is 0.701. The van der Waals surface area contributed by atoms with Crippen LogP contribution in [0.4, 0.5) is 5.69 Å². The number of carbonyl (C=O) groups excluding carboxylic acids is 1. The fourth-order valence-corrected chi connectivity index (χ4v) is 1.88. The van der Waals surface area contributed by atoms with Gasteiger partial charge < -0.3 is 14.9 Å². The van der Waals surface area contributed by atoms with Crippen molar-refractivity contribution in [1.82, 2.24) is 4.98 Å². The smallest absolute Gasteiger partial charge is 0.341 e. The molecule has 2 aromatic rings. The molecule has 6 nitrogen and oxygen atoms in total. The van der Waals surface area contributed by atoms with Gasteiger partial charge in [-0.05, 0) is 13.0 Å². The average molecular weight is 261 g/mol. The fourth-order valence-electron chi connectivity index (χ4n) is 1.88. The van der Waals surface area contributed by atoms with Gasteiger partial charge in [0.25, 0.3) is 0 Å². The zero-order chi connectivity index (χ0) is 13.8. The Morgan fingerprint density at radius 1 is 1.47 bits per heavy atom. The largest absolute Gasteiger partial charge is 0.494 e. The number of para-hydroxylation sites is 1. The van der Waals surface area contributed by atoms with E-state index < -0.39 is 5.97 Å². The second kappa shape index (κ2) is 5.53. The number of rotatable bonds is 4. The number of nitrogens with two attached hydrogens (primary N) is 1. The van der Waals surface area contributed by atoms with E-state index in [9.17, 15) is 4.79 Å². The number of nitrogen functional groups attached to an aromatic ring is 1. The molecule has 0 aliphatic carbocycles. The van der Waals surface area contributed by atoms with Gasteiger partial charge in [-0.3, -0.25) is 10.8 Å². The number of esters is 1. The number of hydrogen-bond acceptors (Lipinski definition) is 6. The van der Waals surface area contributed by atoms with Crippen molar-refractivity contribution < 1.29 is 14.3 Å². The summed E-state index contributed by atoms with van der Waals surface area (Å²) < 4.78 is 10.2. The highest BCUT2D eigenvalue weighted by Gasteiger charge is 2.17. The minimum atomic E-state index is -0.465. The van der Waals surface area contributed by atoms with Crippen LogP contribution in [0.1, 0.15) is 17.3 Å². The van der Waals surface area contributed by atoms with E-state index in [0.717, 1.165) is 0 Å². The van der Waals surface area contributed by atoms with Crippen molar-refractivity contribution in [2.24, 2.45) is 5.84 Å². The second-order valence-electron chi connectivity index (χ2n) is 3.77. The number of ether oxygens (including phenoxy) is 2. The number of methoxy groups -OCH3 is 1. The van der Waals surface area contributed by atoms with Crippen LogP contribution in [0.25, 0.3) is 10.9 Å². The maximum atomic E-state index is 11.8. The third-order valence-electron chi connectivity index (χ3n) is 2.72. The van der Waals surface area contributed by atoms with E-state index >= 15 is 0 Å². The van der Waals surface area contributed by atoms with Crippen LogP contribution in [0.5, 0.6) is 5.75 Å². The Bertz CT molecular complexity index is 613. The molecule has 1 heterocycles. The molecule has 1 aromatic heterocycles. The number of nitrogens with zero attached hydrogens (tertiary/aromatic N) is 1. The van der Waals surface area contributed by atoms with Gasteiger partial charge in [0.05, 0.1) is 19.4 Å². The molecule has 0 fully saturated rings. The van der Waals surface area contributed by atoms with Gasteiger partial charge in [-0.25, -0.2) is 4.79 Å². The van der Waals surface area contributed by atoms with Gasteiger partial charge in [0.1, 0.15) is 16.8 Å². The number of aromatic nitrogens is 1. The Kier molecular flexibility index (Phi) is 3.82. The lowest BCUT2D eigenvalue weighted by Gasteiger charge is -2.12. The number of carbonyl (C=O) groups is 1. The van der Waals surface area contributed by atoms with Gasteiger partial charge in [-0.2, -0.15) is 0 Å². The Balaban J connectivity index is 2.66. The van der Waals surface area contributed by atoms with E-state index in [-0.39, 0.29) is 0 Å². The maximum Gasteiger partial charge on any atom is 0.341 e. The molecule has 0 unspecified atom stereocenters. The minimum absolute atomic E-state index is 0.291. The van der Waals surface area contributed by atoms with Gasteiger partial charge in [-0.15, -0.1) is 0 Å². The van der Waals surface area contributed by atoms with Crippen molar-refractivity contribution in [2.75, 3.05) is 19.1 Å². The fraction of sp³-hybridized carbons (Fsp3) is 0.231. The average Bonchev–Trinajstić information content (AvgIpc) is 2.45. The standard InChI is InChI=1S/C13H15N3O3/c1-3-19-13(17)9-7-15-12-8(11(9)16-14)5-4-6-10(12)18-2/h4-7H,3,14H2,1-2H3,(H,15,16). The van der Waals surface area contributed by atoms with Crippen LogP contribution in [0.3, 0.4) is 0 Å². The highest BCUT2D eigenvalue weighted by atomic mass is 16.5. The number of benzene rings is 1. The van der Waals surface area contributed by atoms with Crippen molar-refractivity contribution in [1.29, 1.82) is 0 Å². The molecular weight excluding hydrogens is 246 g/mol. The van der Waals surface area contributed by atoms with E-state index in [2.05, 4.69) is 10.4 Å². The van der Waals surface area contributed by atoms with E-state index in [1.807, 2.05) is 6.07 Å². The van der Waals surface area contributed by atoms with Crippen molar-refractivity contribution in [3.8, 4) is 5.75 Å². The van der Waals surface area contributed by atoms with Crippen molar-refractivity contribution in [3.05, 3.63) is 30.0 Å². The predicted octanol–water partition coefficient (Wildman–Crippen LogP) is 1.71. The van der Waals surface area contributed by atoms with Crippen molar-refractivity contribution >= 4 is 22.6 Å². The molecule has 6 heteroatoms. The summed E-state index contributed by atoms with van der Waals surface area (Å²) in [6, 6.07) is 5.40. The molecule has 3 N–H and O–H groups in total. The zero-order valence-corrected chi connectivity index (χ0v) is 10.8. The SMILES string of the molecule is CCOC(=O)c1cnc2c(OC)cccc2c1NN. The van der Waals surface area contributed by atoms with Crippen LogP contribution in [-0.2, 0) is 4.74 Å². The number of pyridine rings is 1. The summed E-state index contributed by atoms with van der Waals surface area (Å²) >= 11 is 0. The molecule has 0 saturated heterocycles. The second-order valence-corrected chi connectivity index (χ2v) is 3.77. The molecule has 1 aromatic carbocycles. The van der Waals surface area contributed by atoms with Crippen molar-refractivity contribution in [2.45, 2.75) is 6.92 Å². The van der Waals surface area contributed by atoms with E-state index in [1.54, 1.807) is 26.2 Å². The summed E-state index contributed by atoms with van der Waals surface area (Å²) in [6.45, 7) is 2.03. The van der Waals surface area contributed by atoms with Crippen LogP contribution in [-0.4, -0.2) is 24.7 Å². The summed E-state index contributed by atoms with van der Waals surface area (Å²) in [6.07, 6.45) is 1.43. The lowest BCUT2D eigenvalue weighted by molar-refractivity contribution is 0.0527. The summed E-state index contributed by atoms with van der Waals surface area (Å²) in [5.74, 6) is 5.67. The Labute approximate surface area is 110 Å². The molecule has 19 heavy (non-hydrogen) atoms. The predicted molar refractivity (Wildman–Crippen MR) is 72.1 cm³/mol. The molecule has 0 saturated carbocycles. The van der Waals surface area contributed by atoms with E-state index in [0.29, 0.717) is 34.5 Å². The monoisotopic (exact) mass is 261 g/mol. The number of fused-ring (bicyclic) bond motifs is 1. The molecular formula is C13H15N3O3. The molecule has 0 radical (unpaired) electrons. The van der Waals surface area contributed by atoms with Gasteiger partial charge in [-0.1, -0.05) is 12.1 Å². The van der Waals surface area contributed by atoms with Crippen LogP contribution >= 0.6 is 0 Å². The summed E-state index contributed by atoms with van der Waals surface area (Å²) in [4.78, 5) is 16.1. The summed E-state index contributed by atoms with van der Waals surface area (Å²) in [5.41, 5.74) is 3.93.